The highest BCUT2D eigenvalue weighted by molar-refractivity contribution is 14.0. The van der Waals surface area contributed by atoms with Gasteiger partial charge in [-0.2, -0.15) is 5.10 Å². The number of guanidine groups is 1. The number of aromatic nitrogens is 2. The first-order valence-corrected chi connectivity index (χ1v) is 9.01. The lowest BCUT2D eigenvalue weighted by atomic mass is 10.00. The number of hydrogen-bond donors (Lipinski definition) is 4. The molecule has 4 N–H and O–H groups in total. The predicted molar refractivity (Wildman–Crippen MR) is 123 cm³/mol. The van der Waals surface area contributed by atoms with E-state index in [1.807, 2.05) is 26.1 Å². The minimum atomic E-state index is -1.08. The fourth-order valence-electron chi connectivity index (χ4n) is 2.43. The zero-order chi connectivity index (χ0) is 20.6. The van der Waals surface area contributed by atoms with E-state index < -0.39 is 11.7 Å². The van der Waals surface area contributed by atoms with Crippen LogP contribution in [-0.4, -0.2) is 47.1 Å². The number of nitrogens with zero attached hydrogens (tertiary/aromatic N) is 3. The van der Waals surface area contributed by atoms with Gasteiger partial charge in [-0.3, -0.25) is 10.00 Å². The van der Waals surface area contributed by atoms with Crippen molar-refractivity contribution >= 4 is 41.7 Å². The highest BCUT2D eigenvalue weighted by Crippen LogP contribution is 2.18. The second-order valence-corrected chi connectivity index (χ2v) is 6.54. The van der Waals surface area contributed by atoms with E-state index in [4.69, 9.17) is 0 Å². The van der Waals surface area contributed by atoms with Gasteiger partial charge in [-0.25, -0.2) is 9.79 Å². The third kappa shape index (κ3) is 7.89. The minimum absolute atomic E-state index is 0. The third-order valence-electron chi connectivity index (χ3n) is 4.08. The molecule has 0 saturated heterocycles. The first kappa shape index (κ1) is 24.7. The molecule has 160 valence electrons. The highest BCUT2D eigenvalue weighted by Gasteiger charge is 2.24. The molecule has 0 bridgehead atoms. The van der Waals surface area contributed by atoms with Gasteiger partial charge in [0.1, 0.15) is 5.60 Å². The van der Waals surface area contributed by atoms with Crippen molar-refractivity contribution in [3.8, 4) is 0 Å². The number of hydrogen-bond acceptors (Lipinski definition) is 5. The lowest BCUT2D eigenvalue weighted by Crippen LogP contribution is -2.44. The molecule has 0 aliphatic heterocycles. The van der Waals surface area contributed by atoms with Crippen LogP contribution < -0.4 is 16.0 Å². The Kier molecular flexibility index (Phi) is 9.89. The van der Waals surface area contributed by atoms with E-state index in [0.29, 0.717) is 24.7 Å². The summed E-state index contributed by atoms with van der Waals surface area (Å²) >= 11 is 0. The van der Waals surface area contributed by atoms with Crippen LogP contribution in [-0.2, 0) is 23.9 Å². The number of amides is 1. The summed E-state index contributed by atoms with van der Waals surface area (Å²) in [6.45, 7) is 5.13. The van der Waals surface area contributed by atoms with Crippen LogP contribution in [0.4, 0.5) is 10.5 Å². The Hall–Kier alpha value is -2.34. The van der Waals surface area contributed by atoms with Gasteiger partial charge in [-0.15, -0.1) is 24.0 Å². The number of aliphatic imine (C=N–C) groups is 1. The topological polar surface area (TPSA) is 113 Å². The number of carbonyl (C=O) groups is 1. The van der Waals surface area contributed by atoms with Crippen molar-refractivity contribution < 1.29 is 14.6 Å². The zero-order valence-corrected chi connectivity index (χ0v) is 19.4. The van der Waals surface area contributed by atoms with Crippen LogP contribution in [0.15, 0.2) is 41.7 Å². The molecular formula is C19H29IN6O3. The molecule has 1 aromatic heterocycles. The Bertz CT molecular complexity index is 805. The normalized spacial score (nSPS) is 13.1. The number of rotatable bonds is 7. The molecular weight excluding hydrogens is 487 g/mol. The maximum Gasteiger partial charge on any atom is 0.411 e. The first-order valence-electron chi connectivity index (χ1n) is 9.01. The SMILES string of the molecule is CCNC(=NCc1ccc(NC(=O)OC)cc1)NCC(C)(O)c1cnn(C)c1.I. The molecule has 1 atom stereocenters. The number of halogens is 1. The van der Waals surface area contributed by atoms with Crippen LogP contribution in [0.25, 0.3) is 0 Å². The Morgan fingerprint density at radius 3 is 2.55 bits per heavy atom. The van der Waals surface area contributed by atoms with Crippen molar-refractivity contribution in [1.82, 2.24) is 20.4 Å². The number of aliphatic hydroxyl groups is 1. The second kappa shape index (κ2) is 11.6. The molecule has 0 aliphatic rings. The van der Waals surface area contributed by atoms with Crippen LogP contribution >= 0.6 is 24.0 Å². The van der Waals surface area contributed by atoms with Crippen molar-refractivity contribution in [2.24, 2.45) is 12.0 Å². The molecule has 1 unspecified atom stereocenters. The van der Waals surface area contributed by atoms with E-state index in [-0.39, 0.29) is 30.5 Å². The van der Waals surface area contributed by atoms with E-state index in [0.717, 1.165) is 11.1 Å². The molecule has 0 fully saturated rings. The number of aryl methyl sites for hydroxylation is 1. The van der Waals surface area contributed by atoms with E-state index in [1.165, 1.54) is 7.11 Å². The summed E-state index contributed by atoms with van der Waals surface area (Å²) in [5, 5.41) is 23.7. The Labute approximate surface area is 188 Å². The van der Waals surface area contributed by atoms with E-state index >= 15 is 0 Å². The quantitative estimate of drug-likeness (QED) is 0.255. The summed E-state index contributed by atoms with van der Waals surface area (Å²) < 4.78 is 6.22. The van der Waals surface area contributed by atoms with Crippen LogP contribution in [0.5, 0.6) is 0 Å². The monoisotopic (exact) mass is 516 g/mol. The van der Waals surface area contributed by atoms with Gasteiger partial charge >= 0.3 is 6.09 Å². The molecule has 2 aromatic rings. The molecule has 10 heteroatoms. The Morgan fingerprint density at radius 1 is 1.31 bits per heavy atom. The molecule has 2 rings (SSSR count). The number of nitrogens with one attached hydrogen (secondary N) is 3. The van der Waals surface area contributed by atoms with Gasteiger partial charge in [-0.1, -0.05) is 12.1 Å². The zero-order valence-electron chi connectivity index (χ0n) is 17.1. The molecule has 1 aromatic carbocycles. The molecule has 1 heterocycles. The fourth-order valence-corrected chi connectivity index (χ4v) is 2.43. The molecule has 0 aliphatic carbocycles. The van der Waals surface area contributed by atoms with Crippen LogP contribution in [0.1, 0.15) is 25.0 Å². The van der Waals surface area contributed by atoms with Gasteiger partial charge in [0.15, 0.2) is 5.96 Å². The maximum atomic E-state index is 11.2. The molecule has 0 saturated carbocycles. The minimum Gasteiger partial charge on any atom is -0.453 e. The summed E-state index contributed by atoms with van der Waals surface area (Å²) in [4.78, 5) is 15.8. The number of carbonyl (C=O) groups excluding carboxylic acids is 1. The second-order valence-electron chi connectivity index (χ2n) is 6.54. The molecule has 29 heavy (non-hydrogen) atoms. The fraction of sp³-hybridized carbons (Fsp3) is 0.421. The standard InChI is InChI=1S/C19H28N6O3.HI/c1-5-20-17(22-13-19(2,27)15-11-23-25(3)12-15)21-10-14-6-8-16(9-7-14)24-18(26)28-4;/h6-9,11-12,27H,5,10,13H2,1-4H3,(H,24,26)(H2,20,21,22);1H. The smallest absolute Gasteiger partial charge is 0.411 e. The lowest BCUT2D eigenvalue weighted by Gasteiger charge is -2.23. The van der Waals surface area contributed by atoms with Gasteiger partial charge in [0, 0.05) is 31.0 Å². The van der Waals surface area contributed by atoms with E-state index in [2.05, 4.69) is 30.8 Å². The summed E-state index contributed by atoms with van der Waals surface area (Å²) in [5.74, 6) is 0.600. The van der Waals surface area contributed by atoms with Gasteiger partial charge in [0.05, 0.1) is 26.4 Å². The van der Waals surface area contributed by atoms with Crippen LogP contribution in [0, 0.1) is 0 Å². The molecule has 0 radical (unpaired) electrons. The molecule has 9 nitrogen and oxygen atoms in total. The van der Waals surface area contributed by atoms with Gasteiger partial charge in [-0.05, 0) is 31.5 Å². The summed E-state index contributed by atoms with van der Waals surface area (Å²) in [6, 6.07) is 7.33. The number of anilines is 1. The van der Waals surface area contributed by atoms with E-state index in [1.54, 1.807) is 36.1 Å². The number of ether oxygens (including phenoxy) is 1. The molecule has 1 amide bonds. The van der Waals surface area contributed by atoms with Crippen LogP contribution in [0.2, 0.25) is 0 Å². The Morgan fingerprint density at radius 2 is 2.00 bits per heavy atom. The van der Waals surface area contributed by atoms with E-state index in [9.17, 15) is 9.90 Å². The van der Waals surface area contributed by atoms with Gasteiger partial charge in [0.25, 0.3) is 0 Å². The largest absolute Gasteiger partial charge is 0.453 e. The summed E-state index contributed by atoms with van der Waals surface area (Å²) in [5.41, 5.74) is 1.28. The van der Waals surface area contributed by atoms with Crippen molar-refractivity contribution in [1.29, 1.82) is 0 Å². The Balaban J connectivity index is 0.00000420. The predicted octanol–water partition coefficient (Wildman–Crippen LogP) is 2.18. The van der Waals surface area contributed by atoms with Crippen molar-refractivity contribution in [3.63, 3.8) is 0 Å². The number of benzene rings is 1. The van der Waals surface area contributed by atoms with Gasteiger partial charge < -0.3 is 20.5 Å². The maximum absolute atomic E-state index is 11.2. The van der Waals surface area contributed by atoms with Crippen molar-refractivity contribution in [2.75, 3.05) is 25.5 Å². The third-order valence-corrected chi connectivity index (χ3v) is 4.08. The number of methoxy groups -OCH3 is 1. The van der Waals surface area contributed by atoms with Crippen molar-refractivity contribution in [2.45, 2.75) is 26.0 Å². The van der Waals surface area contributed by atoms with Crippen molar-refractivity contribution in [3.05, 3.63) is 47.8 Å². The average molecular weight is 516 g/mol. The lowest BCUT2D eigenvalue weighted by molar-refractivity contribution is 0.0616. The molecule has 0 spiro atoms. The first-order chi connectivity index (χ1) is 13.3. The highest BCUT2D eigenvalue weighted by atomic mass is 127. The van der Waals surface area contributed by atoms with Crippen LogP contribution in [0.3, 0.4) is 0 Å². The summed E-state index contributed by atoms with van der Waals surface area (Å²) in [7, 11) is 3.13. The average Bonchev–Trinajstić information content (AvgIpc) is 3.12. The van der Waals surface area contributed by atoms with Gasteiger partial charge in [0.2, 0.25) is 0 Å². The summed E-state index contributed by atoms with van der Waals surface area (Å²) in [6.07, 6.45) is 2.93.